The average molecular weight is 302 g/mol. The Hall–Kier alpha value is -1.42. The third-order valence-electron chi connectivity index (χ3n) is 5.00. The van der Waals surface area contributed by atoms with Crippen LogP contribution in [-0.4, -0.2) is 30.1 Å². The second-order valence-corrected chi connectivity index (χ2v) is 6.66. The normalized spacial score (nSPS) is 26.5. The van der Waals surface area contributed by atoms with Gasteiger partial charge in [-0.1, -0.05) is 25.7 Å². The van der Waals surface area contributed by atoms with Crippen molar-refractivity contribution in [3.05, 3.63) is 30.1 Å². The number of amides is 1. The smallest absolute Gasteiger partial charge is 0.223 e. The van der Waals surface area contributed by atoms with Crippen LogP contribution in [-0.2, 0) is 16.0 Å². The monoisotopic (exact) mass is 302 g/mol. The van der Waals surface area contributed by atoms with E-state index in [9.17, 15) is 4.79 Å². The fourth-order valence-corrected chi connectivity index (χ4v) is 3.62. The summed E-state index contributed by atoms with van der Waals surface area (Å²) < 4.78 is 5.62. The first-order valence-electron chi connectivity index (χ1n) is 8.60. The Morgan fingerprint density at radius 1 is 1.14 bits per heavy atom. The predicted octanol–water partition coefficient (Wildman–Crippen LogP) is 2.73. The first-order chi connectivity index (χ1) is 10.8. The number of nitrogens with one attached hydrogen (secondary N) is 1. The van der Waals surface area contributed by atoms with E-state index in [1.807, 2.05) is 24.5 Å². The van der Waals surface area contributed by atoms with Crippen molar-refractivity contribution < 1.29 is 9.53 Å². The molecule has 120 valence electrons. The van der Waals surface area contributed by atoms with Crippen LogP contribution in [0.4, 0.5) is 0 Å². The molecule has 1 N–H and O–H groups in total. The van der Waals surface area contributed by atoms with Crippen molar-refractivity contribution >= 4 is 5.91 Å². The van der Waals surface area contributed by atoms with E-state index >= 15 is 0 Å². The van der Waals surface area contributed by atoms with Crippen LogP contribution in [0.1, 0.15) is 44.1 Å². The topological polar surface area (TPSA) is 51.2 Å². The summed E-state index contributed by atoms with van der Waals surface area (Å²) in [6.07, 6.45) is 11.6. The number of hydrogen-bond donors (Lipinski definition) is 1. The molecule has 1 amide bonds. The number of rotatable bonds is 4. The molecule has 3 rings (SSSR count). The van der Waals surface area contributed by atoms with Crippen molar-refractivity contribution in [1.29, 1.82) is 0 Å². The number of carbonyl (C=O) groups excluding carboxylic acids is 1. The molecule has 4 nitrogen and oxygen atoms in total. The Balaban J connectivity index is 1.55. The van der Waals surface area contributed by atoms with E-state index in [1.54, 1.807) is 0 Å². The maximum absolute atomic E-state index is 12.5. The van der Waals surface area contributed by atoms with Crippen molar-refractivity contribution in [2.75, 3.05) is 13.2 Å². The molecule has 1 aromatic heterocycles. The Labute approximate surface area is 132 Å². The molecule has 1 aromatic rings. The van der Waals surface area contributed by atoms with Crippen molar-refractivity contribution in [3.8, 4) is 0 Å². The highest BCUT2D eigenvalue weighted by molar-refractivity contribution is 5.79. The van der Waals surface area contributed by atoms with Gasteiger partial charge in [0.25, 0.3) is 0 Å². The lowest BCUT2D eigenvalue weighted by Gasteiger charge is -2.22. The SMILES string of the molecule is O=C(NC1COCC1Cc1ccncc1)C1CCCCCC1. The van der Waals surface area contributed by atoms with Crippen molar-refractivity contribution in [2.45, 2.75) is 51.0 Å². The van der Waals surface area contributed by atoms with Gasteiger partial charge in [-0.2, -0.15) is 0 Å². The first-order valence-corrected chi connectivity index (χ1v) is 8.60. The van der Waals surface area contributed by atoms with Gasteiger partial charge < -0.3 is 10.1 Å². The highest BCUT2D eigenvalue weighted by Gasteiger charge is 2.31. The molecule has 4 heteroatoms. The van der Waals surface area contributed by atoms with Crippen LogP contribution < -0.4 is 5.32 Å². The van der Waals surface area contributed by atoms with Gasteiger partial charge in [-0.3, -0.25) is 9.78 Å². The van der Waals surface area contributed by atoms with Gasteiger partial charge >= 0.3 is 0 Å². The predicted molar refractivity (Wildman–Crippen MR) is 85.4 cm³/mol. The quantitative estimate of drug-likeness (QED) is 0.870. The minimum atomic E-state index is 0.156. The summed E-state index contributed by atoms with van der Waals surface area (Å²) in [5, 5.41) is 3.27. The van der Waals surface area contributed by atoms with E-state index in [0.717, 1.165) is 25.9 Å². The zero-order valence-corrected chi connectivity index (χ0v) is 13.2. The van der Waals surface area contributed by atoms with Gasteiger partial charge in [0.15, 0.2) is 0 Å². The molecule has 1 saturated carbocycles. The third-order valence-corrected chi connectivity index (χ3v) is 5.00. The molecule has 2 fully saturated rings. The fraction of sp³-hybridized carbons (Fsp3) is 0.667. The van der Waals surface area contributed by atoms with Crippen LogP contribution in [0.2, 0.25) is 0 Å². The molecular weight excluding hydrogens is 276 g/mol. The molecule has 1 aliphatic carbocycles. The Bertz CT molecular complexity index is 469. The van der Waals surface area contributed by atoms with E-state index in [-0.39, 0.29) is 17.9 Å². The maximum Gasteiger partial charge on any atom is 0.223 e. The van der Waals surface area contributed by atoms with Gasteiger partial charge in [-0.25, -0.2) is 0 Å². The Morgan fingerprint density at radius 2 is 1.86 bits per heavy atom. The highest BCUT2D eigenvalue weighted by Crippen LogP contribution is 2.24. The lowest BCUT2D eigenvalue weighted by atomic mass is 9.93. The second-order valence-electron chi connectivity index (χ2n) is 6.66. The molecule has 1 saturated heterocycles. The van der Waals surface area contributed by atoms with Crippen molar-refractivity contribution in [1.82, 2.24) is 10.3 Å². The zero-order valence-electron chi connectivity index (χ0n) is 13.2. The highest BCUT2D eigenvalue weighted by atomic mass is 16.5. The molecule has 0 radical (unpaired) electrons. The van der Waals surface area contributed by atoms with Crippen LogP contribution in [0.25, 0.3) is 0 Å². The molecule has 0 bridgehead atoms. The van der Waals surface area contributed by atoms with Crippen LogP contribution >= 0.6 is 0 Å². The molecular formula is C18H26N2O2. The third kappa shape index (κ3) is 4.07. The molecule has 2 atom stereocenters. The van der Waals surface area contributed by atoms with Gasteiger partial charge in [0, 0.05) is 24.2 Å². The van der Waals surface area contributed by atoms with E-state index in [2.05, 4.69) is 10.3 Å². The van der Waals surface area contributed by atoms with Crippen LogP contribution in [0.3, 0.4) is 0 Å². The number of hydrogen-bond acceptors (Lipinski definition) is 3. The molecule has 2 aliphatic rings. The van der Waals surface area contributed by atoms with Gasteiger partial charge in [-0.15, -0.1) is 0 Å². The lowest BCUT2D eigenvalue weighted by Crippen LogP contribution is -2.43. The van der Waals surface area contributed by atoms with E-state index < -0.39 is 0 Å². The van der Waals surface area contributed by atoms with Crippen molar-refractivity contribution in [3.63, 3.8) is 0 Å². The summed E-state index contributed by atoms with van der Waals surface area (Å²) in [7, 11) is 0. The Kier molecular flexibility index (Phi) is 5.43. The number of aromatic nitrogens is 1. The van der Waals surface area contributed by atoms with E-state index in [4.69, 9.17) is 4.74 Å². The summed E-state index contributed by atoms with van der Waals surface area (Å²) in [4.78, 5) is 16.6. The Morgan fingerprint density at radius 3 is 2.59 bits per heavy atom. The first kappa shape index (κ1) is 15.5. The van der Waals surface area contributed by atoms with Crippen LogP contribution in [0.5, 0.6) is 0 Å². The molecule has 2 heterocycles. The van der Waals surface area contributed by atoms with Gasteiger partial charge in [0.2, 0.25) is 5.91 Å². The molecule has 0 spiro atoms. The van der Waals surface area contributed by atoms with Gasteiger partial charge in [0.05, 0.1) is 19.3 Å². The molecule has 22 heavy (non-hydrogen) atoms. The largest absolute Gasteiger partial charge is 0.379 e. The number of ether oxygens (including phenoxy) is 1. The summed E-state index contributed by atoms with van der Waals surface area (Å²) in [5.74, 6) is 0.832. The number of nitrogens with zero attached hydrogens (tertiary/aromatic N) is 1. The summed E-state index contributed by atoms with van der Waals surface area (Å²) in [6, 6.07) is 4.24. The minimum absolute atomic E-state index is 0.156. The molecule has 0 aromatic carbocycles. The average Bonchev–Trinajstić information content (AvgIpc) is 2.80. The van der Waals surface area contributed by atoms with Crippen LogP contribution in [0.15, 0.2) is 24.5 Å². The lowest BCUT2D eigenvalue weighted by molar-refractivity contribution is -0.126. The second kappa shape index (κ2) is 7.73. The van der Waals surface area contributed by atoms with E-state index in [1.165, 1.54) is 31.2 Å². The number of pyridine rings is 1. The summed E-state index contributed by atoms with van der Waals surface area (Å²) >= 11 is 0. The maximum atomic E-state index is 12.5. The molecule has 2 unspecified atom stereocenters. The van der Waals surface area contributed by atoms with Crippen molar-refractivity contribution in [2.24, 2.45) is 11.8 Å². The minimum Gasteiger partial charge on any atom is -0.379 e. The number of carbonyl (C=O) groups is 1. The van der Waals surface area contributed by atoms with Gasteiger partial charge in [0.1, 0.15) is 0 Å². The standard InChI is InChI=1S/C18H26N2O2/c21-18(15-5-3-1-2-4-6-15)20-17-13-22-12-16(17)11-14-7-9-19-10-8-14/h7-10,15-17H,1-6,11-13H2,(H,20,21). The van der Waals surface area contributed by atoms with Gasteiger partial charge in [-0.05, 0) is 37.0 Å². The summed E-state index contributed by atoms with van der Waals surface area (Å²) in [6.45, 7) is 1.38. The summed E-state index contributed by atoms with van der Waals surface area (Å²) in [5.41, 5.74) is 1.26. The molecule has 1 aliphatic heterocycles. The van der Waals surface area contributed by atoms with Crippen LogP contribution in [0, 0.1) is 11.8 Å². The zero-order chi connectivity index (χ0) is 15.2. The van der Waals surface area contributed by atoms with E-state index in [0.29, 0.717) is 12.5 Å². The fourth-order valence-electron chi connectivity index (χ4n) is 3.62.